The average Bonchev–Trinajstić information content (AvgIpc) is 2.58. The Morgan fingerprint density at radius 1 is 1.31 bits per heavy atom. The Labute approximate surface area is 81.3 Å². The van der Waals surface area contributed by atoms with Gasteiger partial charge >= 0.3 is 0 Å². The molecule has 2 aromatic rings. The summed E-state index contributed by atoms with van der Waals surface area (Å²) in [5, 5.41) is 8.08. The fraction of sp³-hybridized carbons (Fsp3) is 0.333. The summed E-state index contributed by atoms with van der Waals surface area (Å²) in [5.74, 6) is 0.661. The molecule has 0 unspecified atom stereocenters. The van der Waals surface area contributed by atoms with Crippen LogP contribution in [-0.4, -0.2) is 20.9 Å². The molecule has 0 spiro atoms. The second-order valence-corrected chi connectivity index (χ2v) is 3.22. The summed E-state index contributed by atoms with van der Waals surface area (Å²) in [6.07, 6.45) is 0.926. The van der Waals surface area contributed by atoms with Gasteiger partial charge in [-0.25, -0.2) is 4.68 Å². The lowest BCUT2D eigenvalue weighted by Crippen LogP contribution is -2.00. The topological polar surface area (TPSA) is 30.7 Å². The maximum atomic E-state index is 5.61. The molecule has 0 N–H and O–H groups in total. The quantitative estimate of drug-likeness (QED) is 0.702. The third kappa shape index (κ3) is 1.65. The fourth-order valence-corrected chi connectivity index (χ4v) is 1.41. The first-order valence-corrected chi connectivity index (χ1v) is 4.79. The van der Waals surface area contributed by atoms with Gasteiger partial charge in [-0.05, 0) is 18.6 Å². The maximum Gasteiger partial charge on any atom is 0.113 e. The molecule has 1 aromatic carbocycles. The SMILES string of the molecule is ClCCCn1nnc2ccccc21. The molecular formula is C9H10ClN3. The maximum absolute atomic E-state index is 5.61. The van der Waals surface area contributed by atoms with Gasteiger partial charge in [0, 0.05) is 12.4 Å². The van der Waals surface area contributed by atoms with Crippen molar-refractivity contribution in [2.45, 2.75) is 13.0 Å². The van der Waals surface area contributed by atoms with Gasteiger partial charge in [-0.1, -0.05) is 17.3 Å². The van der Waals surface area contributed by atoms with E-state index in [1.807, 2.05) is 28.9 Å². The molecule has 2 rings (SSSR count). The van der Waals surface area contributed by atoms with Crippen LogP contribution >= 0.6 is 11.6 Å². The summed E-state index contributed by atoms with van der Waals surface area (Å²) in [6.45, 7) is 0.837. The van der Waals surface area contributed by atoms with Crippen molar-refractivity contribution in [3.63, 3.8) is 0 Å². The summed E-state index contributed by atoms with van der Waals surface area (Å²) in [5.41, 5.74) is 2.02. The molecule has 0 saturated heterocycles. The van der Waals surface area contributed by atoms with E-state index >= 15 is 0 Å². The highest BCUT2D eigenvalue weighted by Gasteiger charge is 2.01. The Morgan fingerprint density at radius 2 is 2.15 bits per heavy atom. The van der Waals surface area contributed by atoms with Crippen molar-refractivity contribution >= 4 is 22.6 Å². The fourth-order valence-electron chi connectivity index (χ4n) is 1.29. The molecule has 0 aliphatic carbocycles. The Kier molecular flexibility index (Phi) is 2.45. The number of fused-ring (bicyclic) bond motifs is 1. The van der Waals surface area contributed by atoms with Crippen molar-refractivity contribution in [3.8, 4) is 0 Å². The summed E-state index contributed by atoms with van der Waals surface area (Å²) >= 11 is 5.61. The predicted molar refractivity (Wildman–Crippen MR) is 52.9 cm³/mol. The van der Waals surface area contributed by atoms with E-state index < -0.39 is 0 Å². The molecule has 0 amide bonds. The van der Waals surface area contributed by atoms with Gasteiger partial charge in [-0.15, -0.1) is 16.7 Å². The van der Waals surface area contributed by atoms with Crippen LogP contribution in [-0.2, 0) is 6.54 Å². The van der Waals surface area contributed by atoms with Crippen molar-refractivity contribution in [2.24, 2.45) is 0 Å². The Balaban J connectivity index is 2.35. The van der Waals surface area contributed by atoms with E-state index in [0.717, 1.165) is 24.0 Å². The first kappa shape index (κ1) is 8.51. The molecular weight excluding hydrogens is 186 g/mol. The number of para-hydroxylation sites is 1. The zero-order valence-corrected chi connectivity index (χ0v) is 7.91. The van der Waals surface area contributed by atoms with E-state index in [-0.39, 0.29) is 0 Å². The van der Waals surface area contributed by atoms with Crippen molar-refractivity contribution in [1.82, 2.24) is 15.0 Å². The molecule has 0 aliphatic heterocycles. The smallest absolute Gasteiger partial charge is 0.113 e. The number of rotatable bonds is 3. The van der Waals surface area contributed by atoms with Crippen LogP contribution in [0, 0.1) is 0 Å². The van der Waals surface area contributed by atoms with E-state index in [2.05, 4.69) is 10.3 Å². The average molecular weight is 196 g/mol. The normalized spacial score (nSPS) is 10.8. The van der Waals surface area contributed by atoms with Gasteiger partial charge in [0.25, 0.3) is 0 Å². The molecule has 13 heavy (non-hydrogen) atoms. The van der Waals surface area contributed by atoms with Gasteiger partial charge in [-0.2, -0.15) is 0 Å². The Bertz CT molecular complexity index is 396. The zero-order chi connectivity index (χ0) is 9.10. The predicted octanol–water partition coefficient (Wildman–Crippen LogP) is 2.06. The van der Waals surface area contributed by atoms with E-state index in [4.69, 9.17) is 11.6 Å². The lowest BCUT2D eigenvalue weighted by atomic mass is 10.3. The third-order valence-electron chi connectivity index (χ3n) is 1.92. The molecule has 68 valence electrons. The van der Waals surface area contributed by atoms with Crippen molar-refractivity contribution < 1.29 is 0 Å². The van der Waals surface area contributed by atoms with E-state index in [9.17, 15) is 0 Å². The standard InChI is InChI=1S/C9H10ClN3/c10-6-3-7-13-9-5-2-1-4-8(9)11-12-13/h1-2,4-5H,3,6-7H2. The first-order chi connectivity index (χ1) is 6.42. The van der Waals surface area contributed by atoms with Crippen LogP contribution in [0.2, 0.25) is 0 Å². The number of aromatic nitrogens is 3. The molecule has 3 nitrogen and oxygen atoms in total. The highest BCUT2D eigenvalue weighted by Crippen LogP contribution is 2.09. The van der Waals surface area contributed by atoms with Gasteiger partial charge in [0.15, 0.2) is 0 Å². The number of hydrogen-bond donors (Lipinski definition) is 0. The number of nitrogens with zero attached hydrogens (tertiary/aromatic N) is 3. The highest BCUT2D eigenvalue weighted by molar-refractivity contribution is 6.17. The van der Waals surface area contributed by atoms with E-state index in [0.29, 0.717) is 5.88 Å². The molecule has 1 aromatic heterocycles. The summed E-state index contributed by atoms with van der Waals surface area (Å²) in [4.78, 5) is 0. The number of aryl methyl sites for hydroxylation is 1. The van der Waals surface area contributed by atoms with Gasteiger partial charge in [0.1, 0.15) is 5.52 Å². The van der Waals surface area contributed by atoms with Crippen LogP contribution in [0.15, 0.2) is 24.3 Å². The number of halogens is 1. The van der Waals surface area contributed by atoms with E-state index in [1.165, 1.54) is 0 Å². The van der Waals surface area contributed by atoms with Gasteiger partial charge in [0.2, 0.25) is 0 Å². The molecule has 0 fully saturated rings. The first-order valence-electron chi connectivity index (χ1n) is 4.26. The molecule has 4 heteroatoms. The molecule has 0 radical (unpaired) electrons. The second-order valence-electron chi connectivity index (χ2n) is 2.84. The van der Waals surface area contributed by atoms with Crippen LogP contribution in [0.3, 0.4) is 0 Å². The minimum absolute atomic E-state index is 0.661. The van der Waals surface area contributed by atoms with Gasteiger partial charge < -0.3 is 0 Å². The minimum atomic E-state index is 0.661. The summed E-state index contributed by atoms with van der Waals surface area (Å²) in [7, 11) is 0. The van der Waals surface area contributed by atoms with Crippen LogP contribution in [0.5, 0.6) is 0 Å². The number of hydrogen-bond acceptors (Lipinski definition) is 2. The lowest BCUT2D eigenvalue weighted by Gasteiger charge is -1.98. The Hall–Kier alpha value is -1.09. The van der Waals surface area contributed by atoms with E-state index in [1.54, 1.807) is 0 Å². The van der Waals surface area contributed by atoms with Crippen LogP contribution in [0.1, 0.15) is 6.42 Å². The van der Waals surface area contributed by atoms with Crippen LogP contribution < -0.4 is 0 Å². The molecule has 0 aliphatic rings. The van der Waals surface area contributed by atoms with Crippen LogP contribution in [0.4, 0.5) is 0 Å². The summed E-state index contributed by atoms with van der Waals surface area (Å²) < 4.78 is 1.89. The van der Waals surface area contributed by atoms with Crippen LogP contribution in [0.25, 0.3) is 11.0 Å². The number of benzene rings is 1. The molecule has 0 bridgehead atoms. The van der Waals surface area contributed by atoms with Crippen molar-refractivity contribution in [2.75, 3.05) is 5.88 Å². The monoisotopic (exact) mass is 195 g/mol. The van der Waals surface area contributed by atoms with Gasteiger partial charge in [-0.3, -0.25) is 0 Å². The lowest BCUT2D eigenvalue weighted by molar-refractivity contribution is 0.598. The largest absolute Gasteiger partial charge is 0.245 e. The molecule has 0 atom stereocenters. The summed E-state index contributed by atoms with van der Waals surface area (Å²) in [6, 6.07) is 7.93. The third-order valence-corrected chi connectivity index (χ3v) is 2.19. The Morgan fingerprint density at radius 3 is 3.00 bits per heavy atom. The minimum Gasteiger partial charge on any atom is -0.245 e. The van der Waals surface area contributed by atoms with Crippen molar-refractivity contribution in [3.05, 3.63) is 24.3 Å². The molecule has 1 heterocycles. The van der Waals surface area contributed by atoms with Crippen molar-refractivity contribution in [1.29, 1.82) is 0 Å². The number of alkyl halides is 1. The zero-order valence-electron chi connectivity index (χ0n) is 7.15. The molecule has 0 saturated carbocycles. The highest BCUT2D eigenvalue weighted by atomic mass is 35.5. The van der Waals surface area contributed by atoms with Gasteiger partial charge in [0.05, 0.1) is 5.52 Å². The second kappa shape index (κ2) is 3.75.